The van der Waals surface area contributed by atoms with E-state index in [-0.39, 0.29) is 23.2 Å². The lowest BCUT2D eigenvalue weighted by molar-refractivity contribution is -0.116. The van der Waals surface area contributed by atoms with Gasteiger partial charge in [0.2, 0.25) is 5.91 Å². The number of carbonyl (C=O) groups excluding carboxylic acids is 1. The SMILES string of the molecule is CC(C)CC(=O)Nc1cncc(-c2cc(F)c3n[nH]c(-c4nc5nccc(-c6cccc(F)c6)c5[nH]4)c3c2)c1. The number of aromatic amines is 2. The average Bonchev–Trinajstić information content (AvgIpc) is 3.52. The summed E-state index contributed by atoms with van der Waals surface area (Å²) < 4.78 is 29.1. The molecular weight excluding hydrogens is 500 g/mol. The van der Waals surface area contributed by atoms with Crippen molar-refractivity contribution in [3.63, 3.8) is 0 Å². The van der Waals surface area contributed by atoms with E-state index in [9.17, 15) is 9.18 Å². The summed E-state index contributed by atoms with van der Waals surface area (Å²) in [5, 5.41) is 10.4. The first-order chi connectivity index (χ1) is 18.9. The number of nitrogens with zero attached hydrogens (tertiary/aromatic N) is 4. The van der Waals surface area contributed by atoms with Crippen LogP contribution in [0.1, 0.15) is 20.3 Å². The minimum atomic E-state index is -0.520. The summed E-state index contributed by atoms with van der Waals surface area (Å²) in [4.78, 5) is 28.7. The molecule has 0 aliphatic carbocycles. The number of hydrogen-bond donors (Lipinski definition) is 3. The van der Waals surface area contributed by atoms with Crippen LogP contribution in [-0.4, -0.2) is 36.0 Å². The zero-order valence-corrected chi connectivity index (χ0v) is 21.1. The predicted octanol–water partition coefficient (Wildman–Crippen LogP) is 6.49. The third-order valence-electron chi connectivity index (χ3n) is 6.33. The number of amides is 1. The van der Waals surface area contributed by atoms with Gasteiger partial charge in [0.15, 0.2) is 17.3 Å². The van der Waals surface area contributed by atoms with Crippen LogP contribution in [0.5, 0.6) is 0 Å². The summed E-state index contributed by atoms with van der Waals surface area (Å²) in [6.07, 6.45) is 5.15. The number of aromatic nitrogens is 6. The molecule has 0 unspecified atom stereocenters. The first-order valence-corrected chi connectivity index (χ1v) is 12.4. The Kier molecular flexibility index (Phi) is 6.07. The molecule has 3 N–H and O–H groups in total. The third-order valence-corrected chi connectivity index (χ3v) is 6.33. The number of benzene rings is 2. The highest BCUT2D eigenvalue weighted by atomic mass is 19.1. The molecule has 0 atom stereocenters. The Morgan fingerprint density at radius 3 is 2.72 bits per heavy atom. The highest BCUT2D eigenvalue weighted by Gasteiger charge is 2.19. The number of imidazole rings is 1. The van der Waals surface area contributed by atoms with Gasteiger partial charge in [-0.2, -0.15) is 5.10 Å². The molecule has 10 heteroatoms. The van der Waals surface area contributed by atoms with Gasteiger partial charge in [0.05, 0.1) is 17.4 Å². The molecule has 6 rings (SSSR count). The molecule has 8 nitrogen and oxygen atoms in total. The van der Waals surface area contributed by atoms with Gasteiger partial charge in [0.25, 0.3) is 0 Å². The fourth-order valence-corrected chi connectivity index (χ4v) is 4.60. The first kappa shape index (κ1) is 24.4. The maximum atomic E-state index is 15.2. The van der Waals surface area contributed by atoms with E-state index in [1.807, 2.05) is 13.8 Å². The van der Waals surface area contributed by atoms with Crippen LogP contribution in [0.2, 0.25) is 0 Å². The van der Waals surface area contributed by atoms with Gasteiger partial charge < -0.3 is 10.3 Å². The number of fused-ring (bicyclic) bond motifs is 2. The minimum Gasteiger partial charge on any atom is -0.335 e. The van der Waals surface area contributed by atoms with Crippen LogP contribution in [-0.2, 0) is 4.79 Å². The zero-order chi connectivity index (χ0) is 27.1. The van der Waals surface area contributed by atoms with E-state index < -0.39 is 5.82 Å². The van der Waals surface area contributed by atoms with E-state index in [0.29, 0.717) is 56.9 Å². The molecule has 0 saturated heterocycles. The Morgan fingerprint density at radius 1 is 1.03 bits per heavy atom. The van der Waals surface area contributed by atoms with E-state index in [1.165, 1.54) is 18.2 Å². The molecule has 0 spiro atoms. The smallest absolute Gasteiger partial charge is 0.224 e. The van der Waals surface area contributed by atoms with E-state index in [4.69, 9.17) is 0 Å². The number of pyridine rings is 2. The second-order valence-corrected chi connectivity index (χ2v) is 9.71. The number of rotatable bonds is 6. The summed E-state index contributed by atoms with van der Waals surface area (Å²) in [5.74, 6) is -0.352. The zero-order valence-electron chi connectivity index (χ0n) is 21.1. The maximum Gasteiger partial charge on any atom is 0.224 e. The Bertz CT molecular complexity index is 1860. The highest BCUT2D eigenvalue weighted by molar-refractivity contribution is 5.98. The van der Waals surface area contributed by atoms with Crippen LogP contribution in [0, 0.1) is 17.6 Å². The van der Waals surface area contributed by atoms with Crippen LogP contribution in [0.15, 0.2) is 67.1 Å². The molecule has 0 fully saturated rings. The second-order valence-electron chi connectivity index (χ2n) is 9.71. The van der Waals surface area contributed by atoms with E-state index in [0.717, 1.165) is 5.56 Å². The lowest BCUT2D eigenvalue weighted by atomic mass is 10.0. The Labute approximate surface area is 221 Å². The number of nitrogens with one attached hydrogen (secondary N) is 3. The van der Waals surface area contributed by atoms with Crippen molar-refractivity contribution < 1.29 is 13.6 Å². The van der Waals surface area contributed by atoms with Crippen LogP contribution >= 0.6 is 0 Å². The second kappa shape index (κ2) is 9.71. The molecular formula is C29H23F2N7O. The van der Waals surface area contributed by atoms with Crippen LogP contribution in [0.3, 0.4) is 0 Å². The molecule has 4 heterocycles. The monoisotopic (exact) mass is 523 g/mol. The van der Waals surface area contributed by atoms with Gasteiger partial charge in [0, 0.05) is 35.3 Å². The lowest BCUT2D eigenvalue weighted by Gasteiger charge is -2.09. The predicted molar refractivity (Wildman–Crippen MR) is 146 cm³/mol. The Morgan fingerprint density at radius 2 is 1.90 bits per heavy atom. The van der Waals surface area contributed by atoms with Crippen molar-refractivity contribution >= 4 is 33.7 Å². The van der Waals surface area contributed by atoms with Gasteiger partial charge in [0.1, 0.15) is 17.0 Å². The molecule has 1 amide bonds. The van der Waals surface area contributed by atoms with Gasteiger partial charge >= 0.3 is 0 Å². The largest absolute Gasteiger partial charge is 0.335 e. The summed E-state index contributed by atoms with van der Waals surface area (Å²) in [6.45, 7) is 3.93. The normalized spacial score (nSPS) is 11.5. The lowest BCUT2D eigenvalue weighted by Crippen LogP contribution is -2.13. The van der Waals surface area contributed by atoms with Gasteiger partial charge in [-0.05, 0) is 53.4 Å². The molecule has 39 heavy (non-hydrogen) atoms. The number of H-pyrrole nitrogens is 2. The quantitative estimate of drug-likeness (QED) is 0.231. The highest BCUT2D eigenvalue weighted by Crippen LogP contribution is 2.34. The molecule has 2 aromatic carbocycles. The molecule has 6 aromatic rings. The van der Waals surface area contributed by atoms with Crippen molar-refractivity contribution in [3.8, 4) is 33.8 Å². The van der Waals surface area contributed by atoms with Crippen LogP contribution in [0.25, 0.3) is 55.8 Å². The Balaban J connectivity index is 1.41. The van der Waals surface area contributed by atoms with Gasteiger partial charge in [-0.3, -0.25) is 14.9 Å². The van der Waals surface area contributed by atoms with Gasteiger partial charge in [-0.1, -0.05) is 26.0 Å². The number of carbonyl (C=O) groups is 1. The molecule has 0 aliphatic rings. The van der Waals surface area contributed by atoms with E-state index >= 15 is 4.39 Å². The summed E-state index contributed by atoms with van der Waals surface area (Å²) in [5.41, 5.74) is 4.80. The molecule has 0 aliphatic heterocycles. The number of anilines is 1. The summed E-state index contributed by atoms with van der Waals surface area (Å²) >= 11 is 0. The van der Waals surface area contributed by atoms with Crippen molar-refractivity contribution in [3.05, 3.63) is 78.8 Å². The third kappa shape index (κ3) is 4.72. The van der Waals surface area contributed by atoms with Crippen LogP contribution in [0.4, 0.5) is 14.5 Å². The fourth-order valence-electron chi connectivity index (χ4n) is 4.60. The van der Waals surface area contributed by atoms with Gasteiger partial charge in [-0.15, -0.1) is 0 Å². The van der Waals surface area contributed by atoms with Crippen molar-refractivity contribution in [1.29, 1.82) is 0 Å². The molecule has 0 bridgehead atoms. The van der Waals surface area contributed by atoms with Crippen molar-refractivity contribution in [1.82, 2.24) is 30.1 Å². The maximum absolute atomic E-state index is 15.2. The first-order valence-electron chi connectivity index (χ1n) is 12.4. The molecule has 0 radical (unpaired) electrons. The molecule has 194 valence electrons. The van der Waals surface area contributed by atoms with Crippen molar-refractivity contribution in [2.75, 3.05) is 5.32 Å². The standard InChI is InChI=1S/C29H23F2N7O/c1-15(2)8-24(39)34-20-10-18(13-32-14-20)17-11-22-25(23(31)12-17)37-38-27(22)29-35-26-21(6-7-33-28(26)36-29)16-4-3-5-19(30)9-16/h3-7,9-15H,8H2,1-2H3,(H,34,39)(H,37,38)(H,33,35,36). The summed E-state index contributed by atoms with van der Waals surface area (Å²) in [6, 6.07) is 13.0. The number of hydrogen-bond acceptors (Lipinski definition) is 5. The number of halogens is 2. The minimum absolute atomic E-state index is 0.112. The summed E-state index contributed by atoms with van der Waals surface area (Å²) in [7, 11) is 0. The topological polar surface area (TPSA) is 112 Å². The van der Waals surface area contributed by atoms with Crippen molar-refractivity contribution in [2.24, 2.45) is 5.92 Å². The average molecular weight is 524 g/mol. The molecule has 0 saturated carbocycles. The van der Waals surface area contributed by atoms with Crippen molar-refractivity contribution in [2.45, 2.75) is 20.3 Å². The van der Waals surface area contributed by atoms with Crippen LogP contribution < -0.4 is 5.32 Å². The van der Waals surface area contributed by atoms with E-state index in [2.05, 4.69) is 35.5 Å². The van der Waals surface area contributed by atoms with E-state index in [1.54, 1.807) is 48.9 Å². The van der Waals surface area contributed by atoms with Gasteiger partial charge in [-0.25, -0.2) is 18.7 Å². The Hall–Kier alpha value is -4.99. The fraction of sp³-hybridized carbons (Fsp3) is 0.138. The molecule has 4 aromatic heterocycles.